The maximum Gasteiger partial charge on any atom is 0.0363 e. The predicted octanol–water partition coefficient (Wildman–Crippen LogP) is 3.45. The highest BCUT2D eigenvalue weighted by Crippen LogP contribution is 2.08. The van der Waals surface area contributed by atoms with Crippen molar-refractivity contribution in [1.82, 2.24) is 0 Å². The normalized spacial score (nSPS) is 11.7. The molecule has 0 amide bonds. The molecular formula is C10H12ClN. The van der Waals surface area contributed by atoms with Gasteiger partial charge in [0.1, 0.15) is 0 Å². The van der Waals surface area contributed by atoms with Crippen LogP contribution in [-0.2, 0) is 0 Å². The summed E-state index contributed by atoms with van der Waals surface area (Å²) in [7, 11) is 0. The van der Waals surface area contributed by atoms with Crippen LogP contribution in [0.15, 0.2) is 47.6 Å². The average Bonchev–Trinajstić information content (AvgIpc) is 2.11. The van der Waals surface area contributed by atoms with Crippen molar-refractivity contribution in [2.45, 2.75) is 6.92 Å². The molecule has 0 rings (SSSR count). The molecule has 0 aliphatic rings. The van der Waals surface area contributed by atoms with Crippen LogP contribution in [0.3, 0.4) is 0 Å². The van der Waals surface area contributed by atoms with Crippen molar-refractivity contribution in [2.24, 2.45) is 0 Å². The van der Waals surface area contributed by atoms with Gasteiger partial charge in [-0.3, -0.25) is 0 Å². The molecule has 0 aromatic rings. The second kappa shape index (κ2) is 5.56. The quantitative estimate of drug-likeness (QED) is 0.508. The van der Waals surface area contributed by atoms with E-state index in [1.807, 2.05) is 6.92 Å². The number of rotatable bonds is 4. The van der Waals surface area contributed by atoms with E-state index in [2.05, 4.69) is 13.2 Å². The first-order valence-corrected chi connectivity index (χ1v) is 3.88. The lowest BCUT2D eigenvalue weighted by Crippen LogP contribution is -1.82. The molecular weight excluding hydrogens is 170 g/mol. The van der Waals surface area contributed by atoms with Gasteiger partial charge in [-0.05, 0) is 24.1 Å². The van der Waals surface area contributed by atoms with E-state index < -0.39 is 0 Å². The summed E-state index contributed by atoms with van der Waals surface area (Å²) in [6, 6.07) is 0. The van der Waals surface area contributed by atoms with Gasteiger partial charge >= 0.3 is 0 Å². The third kappa shape index (κ3) is 3.94. The number of hydrogen-bond acceptors (Lipinski definition) is 1. The smallest absolute Gasteiger partial charge is 0.0363 e. The monoisotopic (exact) mass is 181 g/mol. The summed E-state index contributed by atoms with van der Waals surface area (Å²) in [5, 5.41) is 7.55. The van der Waals surface area contributed by atoms with Crippen LogP contribution in [0.5, 0.6) is 0 Å². The lowest BCUT2D eigenvalue weighted by atomic mass is 10.1. The molecule has 0 aromatic heterocycles. The summed E-state index contributed by atoms with van der Waals surface area (Å²) in [6.45, 7) is 9.18. The largest absolute Gasteiger partial charge is 0.308 e. The lowest BCUT2D eigenvalue weighted by Gasteiger charge is -1.95. The molecule has 0 saturated carbocycles. The van der Waals surface area contributed by atoms with Gasteiger partial charge in [0.2, 0.25) is 0 Å². The first-order chi connectivity index (χ1) is 5.61. The molecule has 1 N–H and O–H groups in total. The highest BCUT2D eigenvalue weighted by atomic mass is 35.5. The second-order valence-electron chi connectivity index (χ2n) is 2.20. The lowest BCUT2D eigenvalue weighted by molar-refractivity contribution is 1.53. The van der Waals surface area contributed by atoms with Crippen LogP contribution in [0.25, 0.3) is 0 Å². The van der Waals surface area contributed by atoms with Crippen molar-refractivity contribution in [3.63, 3.8) is 0 Å². The number of allylic oxidation sites excluding steroid dienone is 6. The number of hydrogen-bond donors (Lipinski definition) is 1. The Morgan fingerprint density at radius 3 is 2.25 bits per heavy atom. The molecule has 1 nitrogen and oxygen atoms in total. The van der Waals surface area contributed by atoms with Crippen molar-refractivity contribution in [2.75, 3.05) is 0 Å². The van der Waals surface area contributed by atoms with E-state index in [0.29, 0.717) is 16.2 Å². The minimum Gasteiger partial charge on any atom is -0.308 e. The molecule has 2 heteroatoms. The van der Waals surface area contributed by atoms with E-state index in [-0.39, 0.29) is 0 Å². The van der Waals surface area contributed by atoms with Gasteiger partial charge in [-0.25, -0.2) is 0 Å². The zero-order valence-corrected chi connectivity index (χ0v) is 7.86. The molecule has 0 aliphatic heterocycles. The van der Waals surface area contributed by atoms with Crippen molar-refractivity contribution >= 4 is 17.8 Å². The van der Waals surface area contributed by atoms with E-state index in [0.717, 1.165) is 6.21 Å². The molecule has 0 saturated heterocycles. The Morgan fingerprint density at radius 2 is 1.83 bits per heavy atom. The van der Waals surface area contributed by atoms with Gasteiger partial charge in [-0.2, -0.15) is 0 Å². The van der Waals surface area contributed by atoms with Crippen molar-refractivity contribution in [3.05, 3.63) is 47.6 Å². The van der Waals surface area contributed by atoms with Crippen molar-refractivity contribution < 1.29 is 0 Å². The van der Waals surface area contributed by atoms with Crippen LogP contribution in [0.4, 0.5) is 0 Å². The highest BCUT2D eigenvalue weighted by Gasteiger charge is 1.90. The fourth-order valence-electron chi connectivity index (χ4n) is 0.476. The van der Waals surface area contributed by atoms with Gasteiger partial charge in [0.15, 0.2) is 0 Å². The predicted molar refractivity (Wildman–Crippen MR) is 55.8 cm³/mol. The SMILES string of the molecule is C=C(C=N)C(=C)/C=C\C(Cl)=C/C. The molecule has 12 heavy (non-hydrogen) atoms. The molecule has 0 fully saturated rings. The topological polar surface area (TPSA) is 23.9 Å². The molecule has 0 bridgehead atoms. The van der Waals surface area contributed by atoms with Gasteiger partial charge in [0, 0.05) is 11.2 Å². The summed E-state index contributed by atoms with van der Waals surface area (Å²) < 4.78 is 0. The Hall–Kier alpha value is -1.08. The van der Waals surface area contributed by atoms with E-state index in [9.17, 15) is 0 Å². The van der Waals surface area contributed by atoms with Crippen LogP contribution < -0.4 is 0 Å². The summed E-state index contributed by atoms with van der Waals surface area (Å²) in [4.78, 5) is 0. The van der Waals surface area contributed by atoms with Gasteiger partial charge in [0.25, 0.3) is 0 Å². The van der Waals surface area contributed by atoms with Crippen LogP contribution in [0.2, 0.25) is 0 Å². The minimum atomic E-state index is 0.590. The first-order valence-electron chi connectivity index (χ1n) is 3.50. The highest BCUT2D eigenvalue weighted by molar-refractivity contribution is 6.31. The van der Waals surface area contributed by atoms with Crippen LogP contribution >= 0.6 is 11.6 Å². The molecule has 0 atom stereocenters. The fraction of sp³-hybridized carbons (Fsp3) is 0.100. The van der Waals surface area contributed by atoms with Gasteiger partial charge in [-0.1, -0.05) is 36.9 Å². The average molecular weight is 182 g/mol. The third-order valence-electron chi connectivity index (χ3n) is 1.31. The number of halogens is 1. The Kier molecular flexibility index (Phi) is 5.06. The molecule has 0 aromatic carbocycles. The van der Waals surface area contributed by atoms with Crippen molar-refractivity contribution in [1.29, 1.82) is 5.41 Å². The minimum absolute atomic E-state index is 0.590. The Morgan fingerprint density at radius 1 is 1.25 bits per heavy atom. The van der Waals surface area contributed by atoms with Crippen LogP contribution in [0, 0.1) is 5.41 Å². The maximum absolute atomic E-state index is 6.90. The van der Waals surface area contributed by atoms with E-state index in [4.69, 9.17) is 17.0 Å². The molecule has 0 unspecified atom stereocenters. The maximum atomic E-state index is 6.90. The molecule has 64 valence electrons. The molecule has 0 radical (unpaired) electrons. The van der Waals surface area contributed by atoms with E-state index in [1.165, 1.54) is 0 Å². The summed E-state index contributed by atoms with van der Waals surface area (Å²) in [6.07, 6.45) is 6.39. The van der Waals surface area contributed by atoms with Crippen molar-refractivity contribution in [3.8, 4) is 0 Å². The van der Waals surface area contributed by atoms with E-state index in [1.54, 1.807) is 18.2 Å². The summed E-state index contributed by atoms with van der Waals surface area (Å²) in [5.74, 6) is 0. The van der Waals surface area contributed by atoms with Crippen LogP contribution in [0.1, 0.15) is 6.92 Å². The van der Waals surface area contributed by atoms with Crippen LogP contribution in [-0.4, -0.2) is 6.21 Å². The zero-order valence-electron chi connectivity index (χ0n) is 7.10. The third-order valence-corrected chi connectivity index (χ3v) is 1.65. The fourth-order valence-corrected chi connectivity index (χ4v) is 0.539. The standard InChI is InChI=1S/C10H12ClN/c1-4-10(11)6-5-8(2)9(3)7-12/h4-7,12H,2-3H2,1H3/b6-5-,10-4+,12-7?. The Labute approximate surface area is 78.3 Å². The molecule has 0 aliphatic carbocycles. The van der Waals surface area contributed by atoms with E-state index >= 15 is 0 Å². The Balaban J connectivity index is 4.28. The number of nitrogens with one attached hydrogen (secondary N) is 1. The zero-order chi connectivity index (χ0) is 9.56. The van der Waals surface area contributed by atoms with Gasteiger partial charge in [0.05, 0.1) is 0 Å². The van der Waals surface area contributed by atoms with Gasteiger partial charge in [-0.15, -0.1) is 0 Å². The summed E-state index contributed by atoms with van der Waals surface area (Å²) in [5.41, 5.74) is 1.29. The Bertz CT molecular complexity index is 259. The second-order valence-corrected chi connectivity index (χ2v) is 2.64. The van der Waals surface area contributed by atoms with Gasteiger partial charge < -0.3 is 5.41 Å². The first kappa shape index (κ1) is 10.9. The molecule has 0 spiro atoms. The summed E-state index contributed by atoms with van der Waals surface area (Å²) >= 11 is 5.70. The molecule has 0 heterocycles.